The zero-order valence-electron chi connectivity index (χ0n) is 15.9. The number of nitrogens with one attached hydrogen (secondary N) is 1. The molecule has 0 unspecified atom stereocenters. The summed E-state index contributed by atoms with van der Waals surface area (Å²) in [6.07, 6.45) is 0. The van der Waals surface area contributed by atoms with Gasteiger partial charge in [0.2, 0.25) is 0 Å². The molecule has 0 saturated carbocycles. The van der Waals surface area contributed by atoms with Crippen LogP contribution in [0.5, 0.6) is 11.5 Å². The van der Waals surface area contributed by atoms with Crippen LogP contribution in [0.4, 0.5) is 0 Å². The van der Waals surface area contributed by atoms with E-state index in [0.717, 1.165) is 0 Å². The number of hydrogen-bond donors (Lipinski definition) is 1. The topological polar surface area (TPSA) is 81.7 Å². The molecule has 0 aliphatic rings. The molecule has 150 valence electrons. The maximum absolute atomic E-state index is 12.6. The largest absolute Gasteiger partial charge is 0.490 e. The summed E-state index contributed by atoms with van der Waals surface area (Å²) < 4.78 is 38.5. The Hall–Kier alpha value is -3.32. The van der Waals surface area contributed by atoms with Crippen molar-refractivity contribution in [3.8, 4) is 11.5 Å². The van der Waals surface area contributed by atoms with Gasteiger partial charge in [-0.1, -0.05) is 48.5 Å². The van der Waals surface area contributed by atoms with E-state index >= 15 is 0 Å². The van der Waals surface area contributed by atoms with Crippen LogP contribution in [0.3, 0.4) is 0 Å². The maximum Gasteiger partial charge on any atom is 0.268 e. The van der Waals surface area contributed by atoms with Crippen molar-refractivity contribution in [2.45, 2.75) is 11.8 Å². The summed E-state index contributed by atoms with van der Waals surface area (Å²) >= 11 is 0. The fraction of sp³-hybridized carbons (Fsp3) is 0.136. The van der Waals surface area contributed by atoms with Gasteiger partial charge in [-0.2, -0.15) is 0 Å². The smallest absolute Gasteiger partial charge is 0.268 e. The van der Waals surface area contributed by atoms with Gasteiger partial charge in [-0.3, -0.25) is 4.79 Å². The molecule has 0 bridgehead atoms. The first-order valence-corrected chi connectivity index (χ1v) is 10.5. The molecule has 3 rings (SSSR count). The van der Waals surface area contributed by atoms with Gasteiger partial charge in [0, 0.05) is 0 Å². The number of aryl methyl sites for hydroxylation is 1. The predicted octanol–water partition coefficient (Wildman–Crippen LogP) is 3.57. The van der Waals surface area contributed by atoms with Gasteiger partial charge in [-0.15, -0.1) is 0 Å². The van der Waals surface area contributed by atoms with Gasteiger partial charge in [-0.05, 0) is 42.8 Å². The highest BCUT2D eigenvalue weighted by Crippen LogP contribution is 2.20. The third kappa shape index (κ3) is 5.36. The third-order valence-electron chi connectivity index (χ3n) is 4.09. The molecule has 3 aromatic rings. The highest BCUT2D eigenvalue weighted by atomic mass is 32.2. The standard InChI is InChI=1S/C22H21NO5S/c1-17-9-5-8-14-21(17)29(25,26)23-22(24)19-12-6-7-13-20(19)28-16-15-27-18-10-3-2-4-11-18/h2-14H,15-16H2,1H3,(H,23,24). The average Bonchev–Trinajstić information content (AvgIpc) is 2.72. The van der Waals surface area contributed by atoms with Crippen molar-refractivity contribution in [3.05, 3.63) is 90.0 Å². The van der Waals surface area contributed by atoms with Crippen LogP contribution in [0.15, 0.2) is 83.8 Å². The van der Waals surface area contributed by atoms with Crippen LogP contribution in [0.25, 0.3) is 0 Å². The van der Waals surface area contributed by atoms with E-state index in [4.69, 9.17) is 9.47 Å². The number of para-hydroxylation sites is 2. The number of rotatable bonds is 8. The van der Waals surface area contributed by atoms with Crippen LogP contribution in [-0.2, 0) is 10.0 Å². The Balaban J connectivity index is 1.66. The number of ether oxygens (including phenoxy) is 2. The third-order valence-corrected chi connectivity index (χ3v) is 5.59. The van der Waals surface area contributed by atoms with Crippen LogP contribution < -0.4 is 14.2 Å². The molecule has 0 aliphatic carbocycles. The lowest BCUT2D eigenvalue weighted by Crippen LogP contribution is -2.31. The van der Waals surface area contributed by atoms with E-state index in [0.29, 0.717) is 11.3 Å². The Morgan fingerprint density at radius 1 is 0.828 bits per heavy atom. The second kappa shape index (κ2) is 9.25. The van der Waals surface area contributed by atoms with E-state index in [2.05, 4.69) is 4.72 Å². The fourth-order valence-corrected chi connectivity index (χ4v) is 3.91. The number of amides is 1. The van der Waals surface area contributed by atoms with Crippen LogP contribution in [0, 0.1) is 6.92 Å². The van der Waals surface area contributed by atoms with E-state index in [-0.39, 0.29) is 29.4 Å². The Morgan fingerprint density at radius 2 is 1.45 bits per heavy atom. The van der Waals surface area contributed by atoms with Gasteiger partial charge < -0.3 is 9.47 Å². The summed E-state index contributed by atoms with van der Waals surface area (Å²) in [6.45, 7) is 2.15. The Bertz CT molecular complexity index is 1080. The maximum atomic E-state index is 12.6. The van der Waals surface area contributed by atoms with Crippen molar-refractivity contribution in [2.24, 2.45) is 0 Å². The summed E-state index contributed by atoms with van der Waals surface area (Å²) in [4.78, 5) is 12.7. The number of carbonyl (C=O) groups excluding carboxylic acids is 1. The number of benzene rings is 3. The second-order valence-corrected chi connectivity index (χ2v) is 7.86. The monoisotopic (exact) mass is 411 g/mol. The van der Waals surface area contributed by atoms with Crippen molar-refractivity contribution in [1.29, 1.82) is 0 Å². The molecule has 6 nitrogen and oxygen atoms in total. The molecule has 0 heterocycles. The fourth-order valence-electron chi connectivity index (χ4n) is 2.70. The molecular formula is C22H21NO5S. The quantitative estimate of drug-likeness (QED) is 0.573. The first kappa shape index (κ1) is 20.4. The van der Waals surface area contributed by atoms with Crippen molar-refractivity contribution in [3.63, 3.8) is 0 Å². The van der Waals surface area contributed by atoms with Crippen LogP contribution in [-0.4, -0.2) is 27.5 Å². The summed E-state index contributed by atoms with van der Waals surface area (Å²) in [5.74, 6) is 0.237. The van der Waals surface area contributed by atoms with Crippen molar-refractivity contribution < 1.29 is 22.7 Å². The molecule has 0 spiro atoms. The molecule has 0 aliphatic heterocycles. The van der Waals surface area contributed by atoms with Gasteiger partial charge >= 0.3 is 0 Å². The molecule has 7 heteroatoms. The SMILES string of the molecule is Cc1ccccc1S(=O)(=O)NC(=O)c1ccccc1OCCOc1ccccc1. The van der Waals surface area contributed by atoms with E-state index < -0.39 is 15.9 Å². The highest BCUT2D eigenvalue weighted by Gasteiger charge is 2.22. The molecule has 3 aromatic carbocycles. The zero-order valence-corrected chi connectivity index (χ0v) is 16.7. The molecular weight excluding hydrogens is 390 g/mol. The Labute approximate surface area is 170 Å². The Morgan fingerprint density at radius 3 is 2.21 bits per heavy atom. The van der Waals surface area contributed by atoms with E-state index in [1.807, 2.05) is 30.3 Å². The highest BCUT2D eigenvalue weighted by molar-refractivity contribution is 7.90. The first-order valence-electron chi connectivity index (χ1n) is 9.00. The second-order valence-electron chi connectivity index (χ2n) is 6.21. The lowest BCUT2D eigenvalue weighted by Gasteiger charge is -2.13. The molecule has 29 heavy (non-hydrogen) atoms. The minimum absolute atomic E-state index is 0.0583. The lowest BCUT2D eigenvalue weighted by atomic mass is 10.2. The molecule has 0 fully saturated rings. The molecule has 0 atom stereocenters. The Kier molecular flexibility index (Phi) is 6.51. The van der Waals surface area contributed by atoms with Crippen LogP contribution in [0.1, 0.15) is 15.9 Å². The zero-order chi connectivity index (χ0) is 20.7. The van der Waals surface area contributed by atoms with Crippen molar-refractivity contribution in [2.75, 3.05) is 13.2 Å². The molecule has 0 aromatic heterocycles. The van der Waals surface area contributed by atoms with E-state index in [9.17, 15) is 13.2 Å². The summed E-state index contributed by atoms with van der Waals surface area (Å²) in [5.41, 5.74) is 0.680. The first-order chi connectivity index (χ1) is 14.0. The molecule has 0 radical (unpaired) electrons. The minimum atomic E-state index is -4.00. The number of hydrogen-bond acceptors (Lipinski definition) is 5. The average molecular weight is 411 g/mol. The molecule has 1 N–H and O–H groups in total. The van der Waals surface area contributed by atoms with Gasteiger partial charge in [0.1, 0.15) is 24.7 Å². The van der Waals surface area contributed by atoms with Gasteiger partial charge in [0.05, 0.1) is 10.5 Å². The van der Waals surface area contributed by atoms with E-state index in [1.165, 1.54) is 12.1 Å². The van der Waals surface area contributed by atoms with Crippen molar-refractivity contribution in [1.82, 2.24) is 4.72 Å². The van der Waals surface area contributed by atoms with Crippen molar-refractivity contribution >= 4 is 15.9 Å². The summed E-state index contributed by atoms with van der Waals surface area (Å²) in [7, 11) is -4.00. The van der Waals surface area contributed by atoms with Gasteiger partial charge in [0.15, 0.2) is 0 Å². The summed E-state index contributed by atoms with van der Waals surface area (Å²) in [5, 5.41) is 0. The molecule has 1 amide bonds. The van der Waals surface area contributed by atoms with Crippen LogP contribution >= 0.6 is 0 Å². The lowest BCUT2D eigenvalue weighted by molar-refractivity contribution is 0.0976. The van der Waals surface area contributed by atoms with Crippen LogP contribution in [0.2, 0.25) is 0 Å². The normalized spacial score (nSPS) is 10.9. The van der Waals surface area contributed by atoms with Gasteiger partial charge in [-0.25, -0.2) is 13.1 Å². The van der Waals surface area contributed by atoms with Gasteiger partial charge in [0.25, 0.3) is 15.9 Å². The summed E-state index contributed by atoms with van der Waals surface area (Å²) in [6, 6.07) is 22.2. The number of carbonyl (C=O) groups is 1. The number of sulfonamides is 1. The predicted molar refractivity (Wildman–Crippen MR) is 110 cm³/mol. The minimum Gasteiger partial charge on any atom is -0.490 e. The van der Waals surface area contributed by atoms with E-state index in [1.54, 1.807) is 43.3 Å². The molecule has 0 saturated heterocycles.